The maximum Gasteiger partial charge on any atom is 0.216 e. The zero-order chi connectivity index (χ0) is 13.7. The molecule has 0 aromatic heterocycles. The first-order valence-corrected chi connectivity index (χ1v) is 8.86. The summed E-state index contributed by atoms with van der Waals surface area (Å²) in [5, 5.41) is 8.56. The quantitative estimate of drug-likeness (QED) is 0.824. The van der Waals surface area contributed by atoms with Crippen LogP contribution in [0.4, 0.5) is 0 Å². The molecule has 5 nitrogen and oxygen atoms in total. The molecule has 6 heteroatoms. The second-order valence-corrected chi connectivity index (χ2v) is 7.71. The van der Waals surface area contributed by atoms with E-state index in [1.54, 1.807) is 4.31 Å². The molecule has 2 rings (SSSR count). The molecule has 2 aliphatic rings. The van der Waals surface area contributed by atoms with E-state index in [2.05, 4.69) is 0 Å². The number of aliphatic hydroxyl groups excluding tert-OH is 1. The predicted octanol–water partition coefficient (Wildman–Crippen LogP) is 1.12. The van der Waals surface area contributed by atoms with E-state index < -0.39 is 10.0 Å². The lowest BCUT2D eigenvalue weighted by molar-refractivity contribution is 0.00304. The second-order valence-electron chi connectivity index (χ2n) is 5.50. The smallest absolute Gasteiger partial charge is 0.216 e. The van der Waals surface area contributed by atoms with Crippen LogP contribution in [0.25, 0.3) is 0 Å². The Balaban J connectivity index is 1.85. The van der Waals surface area contributed by atoms with Crippen LogP contribution in [0, 0.1) is 0 Å². The number of hydrogen-bond acceptors (Lipinski definition) is 4. The Morgan fingerprint density at radius 1 is 1.05 bits per heavy atom. The highest BCUT2D eigenvalue weighted by Crippen LogP contribution is 2.28. The highest BCUT2D eigenvalue weighted by atomic mass is 32.2. The highest BCUT2D eigenvalue weighted by Gasteiger charge is 2.35. The van der Waals surface area contributed by atoms with Gasteiger partial charge < -0.3 is 9.84 Å². The molecule has 1 saturated heterocycles. The van der Waals surface area contributed by atoms with Crippen LogP contribution in [0.15, 0.2) is 0 Å². The van der Waals surface area contributed by atoms with E-state index in [1.807, 2.05) is 0 Å². The van der Waals surface area contributed by atoms with Crippen LogP contribution in [0.5, 0.6) is 0 Å². The monoisotopic (exact) mass is 291 g/mol. The summed E-state index contributed by atoms with van der Waals surface area (Å²) in [6, 6.07) is 0. The maximum atomic E-state index is 12.5. The zero-order valence-electron chi connectivity index (χ0n) is 11.5. The number of aliphatic hydroxyl groups is 1. The molecule has 1 aliphatic carbocycles. The summed E-state index contributed by atoms with van der Waals surface area (Å²) in [5.74, 6) is 0. The average Bonchev–Trinajstić information content (AvgIpc) is 2.46. The van der Waals surface area contributed by atoms with Gasteiger partial charge in [-0.2, -0.15) is 0 Å². The number of nitrogens with zero attached hydrogens (tertiary/aromatic N) is 1. The molecule has 19 heavy (non-hydrogen) atoms. The van der Waals surface area contributed by atoms with E-state index in [4.69, 9.17) is 9.84 Å². The number of hydrogen-bond donors (Lipinski definition) is 1. The summed E-state index contributed by atoms with van der Waals surface area (Å²) >= 11 is 0. The van der Waals surface area contributed by atoms with Gasteiger partial charge in [-0.1, -0.05) is 19.3 Å². The van der Waals surface area contributed by atoms with Crippen LogP contribution in [0.3, 0.4) is 0 Å². The fourth-order valence-electron chi connectivity index (χ4n) is 3.05. The lowest BCUT2D eigenvalue weighted by Crippen LogP contribution is -2.45. The van der Waals surface area contributed by atoms with E-state index >= 15 is 0 Å². The summed E-state index contributed by atoms with van der Waals surface area (Å²) in [5.41, 5.74) is 0. The standard InChI is InChI=1S/C13H25NO4S/c15-10-11-18-12-6-8-14(9-7-12)19(16,17)13-4-2-1-3-5-13/h12-13,15H,1-11H2. The number of piperidine rings is 1. The molecule has 0 unspecified atom stereocenters. The molecule has 1 saturated carbocycles. The zero-order valence-corrected chi connectivity index (χ0v) is 12.3. The average molecular weight is 291 g/mol. The summed E-state index contributed by atoms with van der Waals surface area (Å²) in [6.07, 6.45) is 6.48. The maximum absolute atomic E-state index is 12.5. The van der Waals surface area contributed by atoms with Crippen LogP contribution >= 0.6 is 0 Å². The van der Waals surface area contributed by atoms with Gasteiger partial charge in [0.1, 0.15) is 0 Å². The first-order chi connectivity index (χ1) is 9.14. The van der Waals surface area contributed by atoms with Gasteiger partial charge in [0.2, 0.25) is 10.0 Å². The van der Waals surface area contributed by atoms with Crippen molar-refractivity contribution >= 4 is 10.0 Å². The van der Waals surface area contributed by atoms with E-state index in [9.17, 15) is 8.42 Å². The fraction of sp³-hybridized carbons (Fsp3) is 1.00. The second kappa shape index (κ2) is 7.02. The molecule has 1 aliphatic heterocycles. The van der Waals surface area contributed by atoms with Gasteiger partial charge in [-0.3, -0.25) is 0 Å². The topological polar surface area (TPSA) is 66.8 Å². The SMILES string of the molecule is O=S(=O)(C1CCCCC1)N1CCC(OCCO)CC1. The molecule has 112 valence electrons. The predicted molar refractivity (Wildman–Crippen MR) is 73.4 cm³/mol. The van der Waals surface area contributed by atoms with Gasteiger partial charge in [0.25, 0.3) is 0 Å². The van der Waals surface area contributed by atoms with E-state index in [1.165, 1.54) is 6.42 Å². The third-order valence-corrected chi connectivity index (χ3v) is 6.58. The minimum absolute atomic E-state index is 0.0284. The van der Waals surface area contributed by atoms with Gasteiger partial charge in [0.15, 0.2) is 0 Å². The van der Waals surface area contributed by atoms with Crippen LogP contribution in [-0.2, 0) is 14.8 Å². The van der Waals surface area contributed by atoms with Crippen molar-refractivity contribution in [2.75, 3.05) is 26.3 Å². The Kier molecular flexibility index (Phi) is 5.62. The summed E-state index contributed by atoms with van der Waals surface area (Å²) in [4.78, 5) is 0. The lowest BCUT2D eigenvalue weighted by atomic mass is 10.0. The van der Waals surface area contributed by atoms with Crippen molar-refractivity contribution in [3.8, 4) is 0 Å². The highest BCUT2D eigenvalue weighted by molar-refractivity contribution is 7.89. The minimum Gasteiger partial charge on any atom is -0.394 e. The number of ether oxygens (including phenoxy) is 1. The van der Waals surface area contributed by atoms with Crippen molar-refractivity contribution in [1.29, 1.82) is 0 Å². The minimum atomic E-state index is -3.10. The molecule has 2 fully saturated rings. The largest absolute Gasteiger partial charge is 0.394 e. The normalized spacial score (nSPS) is 24.7. The van der Waals surface area contributed by atoms with Gasteiger partial charge in [0.05, 0.1) is 24.6 Å². The van der Waals surface area contributed by atoms with Crippen molar-refractivity contribution in [3.05, 3.63) is 0 Å². The van der Waals surface area contributed by atoms with Gasteiger partial charge >= 0.3 is 0 Å². The first kappa shape index (κ1) is 15.2. The Morgan fingerprint density at radius 2 is 1.68 bits per heavy atom. The number of rotatable bonds is 5. The fourth-order valence-corrected chi connectivity index (χ4v) is 5.12. The lowest BCUT2D eigenvalue weighted by Gasteiger charge is -2.34. The van der Waals surface area contributed by atoms with Crippen LogP contribution in [0.2, 0.25) is 0 Å². The Morgan fingerprint density at radius 3 is 2.26 bits per heavy atom. The molecule has 0 spiro atoms. The van der Waals surface area contributed by atoms with Crippen LogP contribution in [-0.4, -0.2) is 55.5 Å². The Labute approximate surface area is 116 Å². The molecule has 1 heterocycles. The van der Waals surface area contributed by atoms with Gasteiger partial charge in [-0.25, -0.2) is 12.7 Å². The van der Waals surface area contributed by atoms with Crippen molar-refractivity contribution in [1.82, 2.24) is 4.31 Å². The third kappa shape index (κ3) is 3.90. The van der Waals surface area contributed by atoms with Crippen molar-refractivity contribution < 1.29 is 18.3 Å². The number of sulfonamides is 1. The Hall–Kier alpha value is -0.170. The summed E-state index contributed by atoms with van der Waals surface area (Å²) < 4.78 is 32.1. The van der Waals surface area contributed by atoms with E-state index in [-0.39, 0.29) is 18.0 Å². The molecule has 0 amide bonds. The van der Waals surface area contributed by atoms with Gasteiger partial charge in [-0.15, -0.1) is 0 Å². The molecule has 1 N–H and O–H groups in total. The van der Waals surface area contributed by atoms with Gasteiger partial charge in [0, 0.05) is 13.1 Å². The summed E-state index contributed by atoms with van der Waals surface area (Å²) in [7, 11) is -3.10. The van der Waals surface area contributed by atoms with Crippen molar-refractivity contribution in [2.45, 2.75) is 56.3 Å². The van der Waals surface area contributed by atoms with Crippen molar-refractivity contribution in [3.63, 3.8) is 0 Å². The first-order valence-electron chi connectivity index (χ1n) is 7.36. The molecule has 0 bridgehead atoms. The third-order valence-electron chi connectivity index (χ3n) is 4.18. The van der Waals surface area contributed by atoms with Crippen molar-refractivity contribution in [2.24, 2.45) is 0 Å². The van der Waals surface area contributed by atoms with Gasteiger partial charge in [-0.05, 0) is 25.7 Å². The molecule has 0 atom stereocenters. The molecule has 0 aromatic carbocycles. The molecule has 0 aromatic rings. The Bertz CT molecular complexity index is 357. The van der Waals surface area contributed by atoms with Crippen LogP contribution in [0.1, 0.15) is 44.9 Å². The summed E-state index contributed by atoms with van der Waals surface area (Å²) in [6.45, 7) is 1.50. The molecule has 0 radical (unpaired) electrons. The van der Waals surface area contributed by atoms with E-state index in [0.717, 1.165) is 38.5 Å². The van der Waals surface area contributed by atoms with Crippen LogP contribution < -0.4 is 0 Å². The molecular weight excluding hydrogens is 266 g/mol. The molecular formula is C13H25NO4S. The van der Waals surface area contributed by atoms with E-state index in [0.29, 0.717) is 19.7 Å².